The molecule has 4 N–H and O–H groups in total. The van der Waals surface area contributed by atoms with Crippen LogP contribution in [0, 0.1) is 23.2 Å². The molecule has 37 heavy (non-hydrogen) atoms. The van der Waals surface area contributed by atoms with E-state index in [9.17, 15) is 0 Å². The lowest BCUT2D eigenvalue weighted by molar-refractivity contribution is 0.152. The zero-order chi connectivity index (χ0) is 26.4. The fraction of sp³-hybridized carbons (Fsp3) is 0.452. The Labute approximate surface area is 227 Å². The van der Waals surface area contributed by atoms with E-state index in [1.54, 1.807) is 0 Å². The van der Waals surface area contributed by atoms with E-state index in [1.165, 1.54) is 41.8 Å². The Balaban J connectivity index is 1.36. The average molecular weight is 518 g/mol. The van der Waals surface area contributed by atoms with Gasteiger partial charge in [0.25, 0.3) is 0 Å². The predicted molar refractivity (Wildman–Crippen MR) is 160 cm³/mol. The van der Waals surface area contributed by atoms with Crippen molar-refractivity contribution in [3.8, 4) is 0 Å². The molecule has 198 valence electrons. The molecule has 1 aliphatic carbocycles. The highest BCUT2D eigenvalue weighted by atomic mass is 32.2. The van der Waals surface area contributed by atoms with E-state index in [1.807, 2.05) is 44.0 Å². The minimum absolute atomic E-state index is 0.0987. The van der Waals surface area contributed by atoms with Crippen LogP contribution in [0.5, 0.6) is 0 Å². The van der Waals surface area contributed by atoms with Gasteiger partial charge in [-0.05, 0) is 59.3 Å². The van der Waals surface area contributed by atoms with Crippen molar-refractivity contribution in [3.63, 3.8) is 0 Å². The number of likely N-dealkylation sites (tertiary alicyclic amines) is 1. The highest BCUT2D eigenvalue weighted by Crippen LogP contribution is 2.39. The van der Waals surface area contributed by atoms with Crippen molar-refractivity contribution in [2.45, 2.75) is 39.7 Å². The number of nitrogens with zero attached hydrogens (tertiary/aromatic N) is 1. The first kappa shape index (κ1) is 27.5. The first-order valence-corrected chi connectivity index (χ1v) is 14.5. The Hall–Kier alpha value is -2.54. The fourth-order valence-electron chi connectivity index (χ4n) is 5.86. The molecule has 4 aliphatic rings. The topological polar surface area (TPSA) is 63.2 Å². The number of nitrogens with one attached hydrogen (secondary N) is 4. The van der Waals surface area contributed by atoms with Gasteiger partial charge in [-0.15, -0.1) is 11.8 Å². The number of allylic oxidation sites excluding steroid dienone is 8. The second kappa shape index (κ2) is 12.8. The standard InChI is InChI=1S/C31H43N5S/c1-6-28(33-5)26(16-32)8-7-9-29-27-20-37-30(15-23(4)31(27)35-34-29)25-12-10-24(11-13-25)19-36-17-21(2)14-22(3)18-36/h6-12,15-16,21-22,25,29,32-35H,4,13-14,17-20H2,1-3,5H3/b9-7+,26-8-,28-6+,32-16?. The molecular weight excluding hydrogens is 474 g/mol. The van der Waals surface area contributed by atoms with Gasteiger partial charge in [0.2, 0.25) is 0 Å². The molecule has 0 bridgehead atoms. The molecular formula is C31H43N5S. The van der Waals surface area contributed by atoms with Gasteiger partial charge in [-0.2, -0.15) is 0 Å². The molecule has 0 amide bonds. The SMILES string of the molecule is C=C1C=C(C2C=CC(CN3CC(C)CC(C)C3)=CC2)SCC2=C1NNC2/C=C/C=C(C=N)\C(=C/C)NC. The Morgan fingerprint density at radius 2 is 2.08 bits per heavy atom. The summed E-state index contributed by atoms with van der Waals surface area (Å²) in [4.78, 5) is 4.03. The molecule has 4 unspecified atom stereocenters. The molecule has 4 atom stereocenters. The van der Waals surface area contributed by atoms with E-state index in [0.29, 0.717) is 5.92 Å². The number of rotatable bonds is 8. The van der Waals surface area contributed by atoms with Crippen molar-refractivity contribution < 1.29 is 0 Å². The maximum Gasteiger partial charge on any atom is 0.0685 e. The van der Waals surface area contributed by atoms with E-state index in [4.69, 9.17) is 5.41 Å². The van der Waals surface area contributed by atoms with Crippen LogP contribution in [0.3, 0.4) is 0 Å². The van der Waals surface area contributed by atoms with Gasteiger partial charge >= 0.3 is 0 Å². The number of thioether (sulfide) groups is 1. The monoisotopic (exact) mass is 517 g/mol. The van der Waals surface area contributed by atoms with Crippen LogP contribution >= 0.6 is 11.8 Å². The normalized spacial score (nSPS) is 29.6. The van der Waals surface area contributed by atoms with E-state index in [2.05, 4.69) is 71.9 Å². The Morgan fingerprint density at radius 1 is 1.30 bits per heavy atom. The molecule has 3 heterocycles. The second-order valence-corrected chi connectivity index (χ2v) is 11.8. The highest BCUT2D eigenvalue weighted by Gasteiger charge is 2.28. The number of hydrazine groups is 1. The summed E-state index contributed by atoms with van der Waals surface area (Å²) in [6.07, 6.45) is 21.4. The molecule has 1 saturated heterocycles. The third-order valence-corrected chi connectivity index (χ3v) is 8.79. The largest absolute Gasteiger partial charge is 0.388 e. The van der Waals surface area contributed by atoms with Gasteiger partial charge in [0.15, 0.2) is 0 Å². The summed E-state index contributed by atoms with van der Waals surface area (Å²) in [5.74, 6) is 2.95. The van der Waals surface area contributed by atoms with Crippen molar-refractivity contribution in [1.29, 1.82) is 5.41 Å². The van der Waals surface area contributed by atoms with Crippen LogP contribution < -0.4 is 16.2 Å². The van der Waals surface area contributed by atoms with Crippen LogP contribution in [0.4, 0.5) is 0 Å². The third kappa shape index (κ3) is 6.86. The summed E-state index contributed by atoms with van der Waals surface area (Å²) in [5.41, 5.74) is 13.5. The quantitative estimate of drug-likeness (QED) is 0.248. The van der Waals surface area contributed by atoms with E-state index in [0.717, 1.165) is 53.1 Å². The van der Waals surface area contributed by atoms with Gasteiger partial charge in [-0.3, -0.25) is 4.90 Å². The fourth-order valence-corrected chi connectivity index (χ4v) is 7.12. The number of hydrogen-bond donors (Lipinski definition) is 4. The van der Waals surface area contributed by atoms with Gasteiger partial charge in [-0.25, -0.2) is 5.43 Å². The van der Waals surface area contributed by atoms with Gasteiger partial charge in [-0.1, -0.05) is 63.0 Å². The lowest BCUT2D eigenvalue weighted by Gasteiger charge is -2.35. The smallest absolute Gasteiger partial charge is 0.0685 e. The summed E-state index contributed by atoms with van der Waals surface area (Å²) in [7, 11) is 1.88. The van der Waals surface area contributed by atoms with Crippen molar-refractivity contribution in [1.82, 2.24) is 21.1 Å². The zero-order valence-electron chi connectivity index (χ0n) is 22.8. The summed E-state index contributed by atoms with van der Waals surface area (Å²) < 4.78 is 0. The van der Waals surface area contributed by atoms with Gasteiger partial charge < -0.3 is 16.2 Å². The molecule has 0 aromatic carbocycles. The van der Waals surface area contributed by atoms with Crippen LogP contribution in [0.25, 0.3) is 0 Å². The van der Waals surface area contributed by atoms with Gasteiger partial charge in [0.1, 0.15) is 0 Å². The minimum Gasteiger partial charge on any atom is -0.388 e. The van der Waals surface area contributed by atoms with E-state index in [-0.39, 0.29) is 6.04 Å². The van der Waals surface area contributed by atoms with Crippen molar-refractivity contribution in [2.24, 2.45) is 17.8 Å². The molecule has 1 fully saturated rings. The van der Waals surface area contributed by atoms with Crippen molar-refractivity contribution >= 4 is 18.0 Å². The van der Waals surface area contributed by atoms with Crippen molar-refractivity contribution in [3.05, 3.63) is 93.8 Å². The number of likely N-dealkylation sites (N-methyl/N-ethyl adjacent to an activating group) is 1. The first-order chi connectivity index (χ1) is 17.9. The lowest BCUT2D eigenvalue weighted by Crippen LogP contribution is -2.39. The zero-order valence-corrected chi connectivity index (χ0v) is 23.6. The molecule has 6 heteroatoms. The average Bonchev–Trinajstić information content (AvgIpc) is 3.20. The lowest BCUT2D eigenvalue weighted by atomic mass is 9.90. The molecule has 5 nitrogen and oxygen atoms in total. The third-order valence-electron chi connectivity index (χ3n) is 7.58. The predicted octanol–water partition coefficient (Wildman–Crippen LogP) is 5.64. The summed E-state index contributed by atoms with van der Waals surface area (Å²) in [6.45, 7) is 14.7. The van der Waals surface area contributed by atoms with Crippen LogP contribution in [0.1, 0.15) is 33.6 Å². The summed E-state index contributed by atoms with van der Waals surface area (Å²) in [6, 6.07) is 0.0987. The molecule has 0 saturated carbocycles. The van der Waals surface area contributed by atoms with Crippen LogP contribution in [0.15, 0.2) is 93.8 Å². The molecule has 0 spiro atoms. The minimum atomic E-state index is 0.0987. The van der Waals surface area contributed by atoms with Crippen LogP contribution in [0.2, 0.25) is 0 Å². The Bertz CT molecular complexity index is 1090. The molecule has 3 aliphatic heterocycles. The molecule has 0 radical (unpaired) electrons. The second-order valence-electron chi connectivity index (χ2n) is 10.7. The maximum absolute atomic E-state index is 7.72. The Kier molecular flexibility index (Phi) is 9.52. The summed E-state index contributed by atoms with van der Waals surface area (Å²) in [5, 5.41) is 10.9. The highest BCUT2D eigenvalue weighted by molar-refractivity contribution is 8.03. The van der Waals surface area contributed by atoms with Crippen LogP contribution in [-0.4, -0.2) is 49.6 Å². The molecule has 0 aromatic rings. The molecule has 0 aromatic heterocycles. The van der Waals surface area contributed by atoms with E-state index < -0.39 is 0 Å². The summed E-state index contributed by atoms with van der Waals surface area (Å²) >= 11 is 1.94. The number of hydrogen-bond acceptors (Lipinski definition) is 6. The molecule has 4 rings (SSSR count). The Morgan fingerprint density at radius 3 is 2.73 bits per heavy atom. The van der Waals surface area contributed by atoms with Gasteiger partial charge in [0, 0.05) is 55.8 Å². The van der Waals surface area contributed by atoms with Crippen molar-refractivity contribution in [2.75, 3.05) is 32.4 Å². The maximum atomic E-state index is 7.72. The first-order valence-electron chi connectivity index (χ1n) is 13.5. The number of piperidine rings is 1. The van der Waals surface area contributed by atoms with Crippen LogP contribution in [-0.2, 0) is 0 Å². The van der Waals surface area contributed by atoms with E-state index >= 15 is 0 Å². The van der Waals surface area contributed by atoms with Gasteiger partial charge in [0.05, 0.1) is 11.7 Å².